The minimum atomic E-state index is -0.220. The fourth-order valence-electron chi connectivity index (χ4n) is 4.07. The lowest BCUT2D eigenvalue weighted by atomic mass is 9.96. The number of carbonyl (C=O) groups excluding carboxylic acids is 2. The van der Waals surface area contributed by atoms with Crippen LogP contribution >= 0.6 is 0 Å². The molecule has 0 unspecified atom stereocenters. The van der Waals surface area contributed by atoms with Crippen molar-refractivity contribution in [2.75, 3.05) is 18.4 Å². The van der Waals surface area contributed by atoms with E-state index in [0.717, 1.165) is 31.4 Å². The fraction of sp³-hybridized carbons (Fsp3) is 0.375. The van der Waals surface area contributed by atoms with Gasteiger partial charge in [0.05, 0.1) is 23.8 Å². The standard InChI is InChI=1S/C24H28N6O3/c1-16-12-21(29-33-16)28-22(31)15-30-11-7-6-10-20(30)23-19(14-25-17(2)27-23)24(32)26-13-18-8-4-3-5-9-18/h3-5,8-9,12,14,20H,6-7,10-11,13,15H2,1-2H3,(H,26,32)(H,28,29,31)/t20-/m0/s1. The number of likely N-dealkylation sites (tertiary alicyclic amines) is 1. The zero-order valence-electron chi connectivity index (χ0n) is 18.9. The molecule has 3 heterocycles. The van der Waals surface area contributed by atoms with Gasteiger partial charge in [-0.15, -0.1) is 0 Å². The van der Waals surface area contributed by atoms with Gasteiger partial charge in [-0.25, -0.2) is 9.97 Å². The molecule has 1 fully saturated rings. The molecule has 1 saturated heterocycles. The summed E-state index contributed by atoms with van der Waals surface area (Å²) >= 11 is 0. The average molecular weight is 449 g/mol. The predicted octanol–water partition coefficient (Wildman–Crippen LogP) is 3.18. The van der Waals surface area contributed by atoms with Gasteiger partial charge in [0.15, 0.2) is 5.82 Å². The predicted molar refractivity (Wildman–Crippen MR) is 122 cm³/mol. The van der Waals surface area contributed by atoms with Crippen molar-refractivity contribution in [1.82, 2.24) is 25.3 Å². The van der Waals surface area contributed by atoms with Crippen LogP contribution in [-0.4, -0.2) is 44.9 Å². The van der Waals surface area contributed by atoms with Crippen LogP contribution in [0.25, 0.3) is 0 Å². The average Bonchev–Trinajstić information content (AvgIpc) is 3.22. The molecule has 1 aliphatic rings. The number of aromatic nitrogens is 3. The minimum absolute atomic E-state index is 0.150. The maximum atomic E-state index is 13.1. The van der Waals surface area contributed by atoms with Crippen molar-refractivity contribution >= 4 is 17.6 Å². The summed E-state index contributed by atoms with van der Waals surface area (Å²) in [4.78, 5) is 36.7. The number of piperidine rings is 1. The number of aryl methyl sites for hydroxylation is 2. The quantitative estimate of drug-likeness (QED) is 0.571. The SMILES string of the molecule is Cc1ncc(C(=O)NCc2ccccc2)c([C@@H]2CCCCN2CC(=O)Nc2cc(C)on2)n1. The Bertz CT molecular complexity index is 1110. The van der Waals surface area contributed by atoms with E-state index in [9.17, 15) is 9.59 Å². The van der Waals surface area contributed by atoms with Crippen molar-refractivity contribution in [2.24, 2.45) is 0 Å². The Hall–Kier alpha value is -3.59. The molecule has 9 heteroatoms. The Labute approximate surface area is 192 Å². The molecule has 3 aromatic rings. The Morgan fingerprint density at radius 3 is 2.76 bits per heavy atom. The van der Waals surface area contributed by atoms with Crippen molar-refractivity contribution in [3.8, 4) is 0 Å². The highest BCUT2D eigenvalue weighted by molar-refractivity contribution is 5.95. The van der Waals surface area contributed by atoms with Gasteiger partial charge in [-0.1, -0.05) is 41.9 Å². The summed E-state index contributed by atoms with van der Waals surface area (Å²) in [6, 6.07) is 11.3. The van der Waals surface area contributed by atoms with Crippen LogP contribution in [0.1, 0.15) is 58.5 Å². The zero-order valence-corrected chi connectivity index (χ0v) is 18.9. The molecule has 0 bridgehead atoms. The second kappa shape index (κ2) is 10.4. The van der Waals surface area contributed by atoms with Crippen LogP contribution in [0.2, 0.25) is 0 Å². The Balaban J connectivity index is 1.50. The molecular weight excluding hydrogens is 420 g/mol. The minimum Gasteiger partial charge on any atom is -0.360 e. The second-order valence-corrected chi connectivity index (χ2v) is 8.24. The molecule has 1 atom stereocenters. The van der Waals surface area contributed by atoms with Gasteiger partial charge in [-0.2, -0.15) is 0 Å². The normalized spacial score (nSPS) is 16.4. The number of nitrogens with zero attached hydrogens (tertiary/aromatic N) is 4. The molecule has 9 nitrogen and oxygen atoms in total. The number of benzene rings is 1. The zero-order chi connectivity index (χ0) is 23.2. The van der Waals surface area contributed by atoms with E-state index in [0.29, 0.717) is 35.2 Å². The first-order valence-electron chi connectivity index (χ1n) is 11.1. The first-order valence-corrected chi connectivity index (χ1v) is 11.1. The Morgan fingerprint density at radius 2 is 2.00 bits per heavy atom. The molecular formula is C24H28N6O3. The lowest BCUT2D eigenvalue weighted by Crippen LogP contribution is -2.40. The smallest absolute Gasteiger partial charge is 0.255 e. The number of rotatable bonds is 7. The first-order chi connectivity index (χ1) is 16.0. The van der Waals surface area contributed by atoms with E-state index in [1.165, 1.54) is 0 Å². The summed E-state index contributed by atoms with van der Waals surface area (Å²) in [6.07, 6.45) is 4.38. The Morgan fingerprint density at radius 1 is 1.18 bits per heavy atom. The summed E-state index contributed by atoms with van der Waals surface area (Å²) in [7, 11) is 0. The third kappa shape index (κ3) is 5.81. The number of hydrogen-bond acceptors (Lipinski definition) is 7. The van der Waals surface area contributed by atoms with Gasteiger partial charge in [0.2, 0.25) is 5.91 Å². The van der Waals surface area contributed by atoms with Crippen LogP contribution in [0.3, 0.4) is 0 Å². The molecule has 0 aliphatic carbocycles. The Kier molecular flexibility index (Phi) is 7.09. The molecule has 1 aliphatic heterocycles. The van der Waals surface area contributed by atoms with E-state index in [2.05, 4.69) is 30.7 Å². The first kappa shape index (κ1) is 22.6. The topological polar surface area (TPSA) is 113 Å². The van der Waals surface area contributed by atoms with Gasteiger partial charge >= 0.3 is 0 Å². The number of amides is 2. The van der Waals surface area contributed by atoms with Crippen LogP contribution < -0.4 is 10.6 Å². The highest BCUT2D eigenvalue weighted by atomic mass is 16.5. The number of carbonyl (C=O) groups is 2. The maximum Gasteiger partial charge on any atom is 0.255 e. The van der Waals surface area contributed by atoms with Crippen molar-refractivity contribution in [2.45, 2.75) is 45.7 Å². The van der Waals surface area contributed by atoms with Crippen molar-refractivity contribution in [1.29, 1.82) is 0 Å². The van der Waals surface area contributed by atoms with Crippen LogP contribution in [0.4, 0.5) is 5.82 Å². The van der Waals surface area contributed by atoms with E-state index in [1.54, 1.807) is 19.2 Å². The van der Waals surface area contributed by atoms with E-state index < -0.39 is 0 Å². The summed E-state index contributed by atoms with van der Waals surface area (Å²) in [5.74, 6) is 1.21. The number of anilines is 1. The second-order valence-electron chi connectivity index (χ2n) is 8.24. The monoisotopic (exact) mass is 448 g/mol. The van der Waals surface area contributed by atoms with Crippen LogP contribution in [0.15, 0.2) is 47.1 Å². The largest absolute Gasteiger partial charge is 0.360 e. The molecule has 0 radical (unpaired) electrons. The number of hydrogen-bond donors (Lipinski definition) is 2. The van der Waals surface area contributed by atoms with Gasteiger partial charge in [0.1, 0.15) is 11.6 Å². The summed E-state index contributed by atoms with van der Waals surface area (Å²) in [5, 5.41) is 9.56. The van der Waals surface area contributed by atoms with Gasteiger partial charge < -0.3 is 15.2 Å². The van der Waals surface area contributed by atoms with Gasteiger partial charge in [-0.3, -0.25) is 14.5 Å². The van der Waals surface area contributed by atoms with Gasteiger partial charge in [-0.05, 0) is 38.8 Å². The summed E-state index contributed by atoms with van der Waals surface area (Å²) < 4.78 is 5.02. The molecule has 0 spiro atoms. The van der Waals surface area contributed by atoms with Crippen molar-refractivity contribution < 1.29 is 14.1 Å². The van der Waals surface area contributed by atoms with Crippen LogP contribution in [0, 0.1) is 13.8 Å². The lowest BCUT2D eigenvalue weighted by Gasteiger charge is -2.35. The molecule has 1 aromatic carbocycles. The van der Waals surface area contributed by atoms with Crippen LogP contribution in [0.5, 0.6) is 0 Å². The molecule has 4 rings (SSSR count). The van der Waals surface area contributed by atoms with E-state index in [1.807, 2.05) is 37.3 Å². The molecule has 2 aromatic heterocycles. The third-order valence-corrected chi connectivity index (χ3v) is 5.65. The van der Waals surface area contributed by atoms with E-state index in [-0.39, 0.29) is 24.4 Å². The molecule has 2 amide bonds. The molecule has 0 saturated carbocycles. The fourth-order valence-corrected chi connectivity index (χ4v) is 4.07. The highest BCUT2D eigenvalue weighted by Gasteiger charge is 2.30. The molecule has 2 N–H and O–H groups in total. The molecule has 33 heavy (non-hydrogen) atoms. The number of nitrogens with one attached hydrogen (secondary N) is 2. The van der Waals surface area contributed by atoms with E-state index >= 15 is 0 Å². The van der Waals surface area contributed by atoms with Gasteiger partial charge in [0.25, 0.3) is 5.91 Å². The lowest BCUT2D eigenvalue weighted by molar-refractivity contribution is -0.118. The third-order valence-electron chi connectivity index (χ3n) is 5.65. The van der Waals surface area contributed by atoms with Crippen molar-refractivity contribution in [3.63, 3.8) is 0 Å². The summed E-state index contributed by atoms with van der Waals surface area (Å²) in [6.45, 7) is 4.91. The van der Waals surface area contributed by atoms with E-state index in [4.69, 9.17) is 4.52 Å². The summed E-state index contributed by atoms with van der Waals surface area (Å²) in [5.41, 5.74) is 2.12. The van der Waals surface area contributed by atoms with Crippen molar-refractivity contribution in [3.05, 3.63) is 71.0 Å². The van der Waals surface area contributed by atoms with Gasteiger partial charge in [0, 0.05) is 18.8 Å². The van der Waals surface area contributed by atoms with Crippen LogP contribution in [-0.2, 0) is 11.3 Å². The highest BCUT2D eigenvalue weighted by Crippen LogP contribution is 2.31. The molecule has 172 valence electrons. The maximum absolute atomic E-state index is 13.1.